The normalized spacial score (nSPS) is 11.5. The molecule has 3 rings (SSSR count). The van der Waals surface area contributed by atoms with Crippen LogP contribution in [0.15, 0.2) is 88.9 Å². The predicted molar refractivity (Wildman–Crippen MR) is 132 cm³/mol. The summed E-state index contributed by atoms with van der Waals surface area (Å²) in [6, 6.07) is 21.6. The smallest absolute Gasteiger partial charge is 0.255 e. The molecule has 0 heterocycles. The lowest BCUT2D eigenvalue weighted by Crippen LogP contribution is -2.39. The summed E-state index contributed by atoms with van der Waals surface area (Å²) in [7, 11) is -4.03. The van der Waals surface area contributed by atoms with Crippen LogP contribution in [-0.4, -0.2) is 37.3 Å². The van der Waals surface area contributed by atoms with E-state index in [1.807, 2.05) is 6.07 Å². The van der Waals surface area contributed by atoms with Gasteiger partial charge in [0.25, 0.3) is 5.91 Å². The number of benzene rings is 3. The number of carbonyl (C=O) groups is 2. The van der Waals surface area contributed by atoms with Crippen LogP contribution >= 0.6 is 11.6 Å². The van der Waals surface area contributed by atoms with Crippen molar-refractivity contribution < 1.29 is 18.0 Å². The van der Waals surface area contributed by atoms with Crippen LogP contribution < -0.4 is 10.7 Å². The number of nitrogens with zero attached hydrogens (tertiary/aromatic N) is 2. The molecule has 10 heteroatoms. The first-order valence-electron chi connectivity index (χ1n) is 10.2. The summed E-state index contributed by atoms with van der Waals surface area (Å²) in [4.78, 5) is 23.8. The first-order valence-corrected chi connectivity index (χ1v) is 12.0. The Kier molecular flexibility index (Phi) is 8.53. The zero-order chi connectivity index (χ0) is 24.6. The Labute approximate surface area is 203 Å². The summed E-state index contributed by atoms with van der Waals surface area (Å²) in [5.41, 5.74) is 4.22. The van der Waals surface area contributed by atoms with Gasteiger partial charge < -0.3 is 5.32 Å². The molecule has 2 N–H and O–H groups in total. The zero-order valence-electron chi connectivity index (χ0n) is 18.3. The van der Waals surface area contributed by atoms with E-state index in [4.69, 9.17) is 11.6 Å². The third-order valence-corrected chi connectivity index (χ3v) is 6.63. The number of halogens is 1. The van der Waals surface area contributed by atoms with Crippen LogP contribution in [0.4, 0.5) is 5.69 Å². The van der Waals surface area contributed by atoms with Crippen LogP contribution in [0.5, 0.6) is 0 Å². The van der Waals surface area contributed by atoms with E-state index < -0.39 is 22.5 Å². The Morgan fingerprint density at radius 1 is 1.00 bits per heavy atom. The highest BCUT2D eigenvalue weighted by molar-refractivity contribution is 7.89. The maximum atomic E-state index is 13.3. The molecule has 0 unspecified atom stereocenters. The molecule has 0 atom stereocenters. The van der Waals surface area contributed by atoms with Gasteiger partial charge in [-0.2, -0.15) is 9.41 Å². The molecule has 0 saturated heterocycles. The molecule has 34 heavy (non-hydrogen) atoms. The fourth-order valence-corrected chi connectivity index (χ4v) is 4.62. The van der Waals surface area contributed by atoms with Gasteiger partial charge in [0.15, 0.2) is 0 Å². The second-order valence-electron chi connectivity index (χ2n) is 7.31. The van der Waals surface area contributed by atoms with E-state index in [-0.39, 0.29) is 17.3 Å². The minimum absolute atomic E-state index is 0.00670. The number of hydrazone groups is 1. The van der Waals surface area contributed by atoms with Gasteiger partial charge in [-0.15, -0.1) is 0 Å². The second-order valence-corrected chi connectivity index (χ2v) is 9.69. The maximum Gasteiger partial charge on any atom is 0.255 e. The third kappa shape index (κ3) is 7.24. The lowest BCUT2D eigenvalue weighted by atomic mass is 10.2. The van der Waals surface area contributed by atoms with Crippen LogP contribution in [0.2, 0.25) is 5.02 Å². The molecule has 0 aliphatic rings. The molecule has 176 valence electrons. The lowest BCUT2D eigenvalue weighted by Gasteiger charge is -2.21. The number of rotatable bonds is 9. The first kappa shape index (κ1) is 25.1. The quantitative estimate of drug-likeness (QED) is 0.347. The first-order chi connectivity index (χ1) is 16.2. The van der Waals surface area contributed by atoms with Crippen LogP contribution in [0.25, 0.3) is 0 Å². The summed E-state index contributed by atoms with van der Waals surface area (Å²) < 4.78 is 27.8. The lowest BCUT2D eigenvalue weighted by molar-refractivity contribution is -0.121. The molecule has 0 saturated carbocycles. The van der Waals surface area contributed by atoms with E-state index in [0.29, 0.717) is 16.3 Å². The summed E-state index contributed by atoms with van der Waals surface area (Å²) >= 11 is 5.93. The molecule has 0 aliphatic carbocycles. The van der Waals surface area contributed by atoms with Crippen molar-refractivity contribution in [2.75, 3.05) is 11.9 Å². The largest absolute Gasteiger partial charge is 0.326 e. The van der Waals surface area contributed by atoms with Crippen molar-refractivity contribution in [1.29, 1.82) is 0 Å². The summed E-state index contributed by atoms with van der Waals surface area (Å²) in [6.45, 7) is 0.902. The van der Waals surface area contributed by atoms with Crippen LogP contribution in [0, 0.1) is 0 Å². The highest BCUT2D eigenvalue weighted by Gasteiger charge is 2.27. The van der Waals surface area contributed by atoms with E-state index in [1.54, 1.807) is 48.5 Å². The standard InChI is InChI=1S/C24H23ClN4O4S/c1-18(30)27-22-10-12-23(13-11-22)34(32,33)29(16-19-6-3-2-4-7-19)17-24(31)28-26-15-20-8-5-9-21(25)14-20/h2-15H,16-17H2,1H3,(H,27,30)(H,28,31)/b26-15+. The van der Waals surface area contributed by atoms with Crippen molar-refractivity contribution in [1.82, 2.24) is 9.73 Å². The maximum absolute atomic E-state index is 13.3. The number of carbonyl (C=O) groups excluding carboxylic acids is 2. The number of sulfonamides is 1. The Balaban J connectivity index is 1.78. The van der Waals surface area contributed by atoms with Crippen molar-refractivity contribution in [2.24, 2.45) is 5.10 Å². The molecule has 0 spiro atoms. The van der Waals surface area contributed by atoms with Crippen molar-refractivity contribution in [3.05, 3.63) is 95.0 Å². The molecule has 3 aromatic carbocycles. The Hall–Kier alpha value is -3.53. The van der Waals surface area contributed by atoms with Crippen molar-refractivity contribution in [2.45, 2.75) is 18.4 Å². The molecule has 2 amide bonds. The number of nitrogens with one attached hydrogen (secondary N) is 2. The fourth-order valence-electron chi connectivity index (χ4n) is 3.04. The van der Waals surface area contributed by atoms with Gasteiger partial charge in [-0.05, 0) is 47.5 Å². The van der Waals surface area contributed by atoms with Crippen molar-refractivity contribution in [3.63, 3.8) is 0 Å². The summed E-state index contributed by atoms with van der Waals surface area (Å²) in [6.07, 6.45) is 1.42. The molecule has 0 bridgehead atoms. The van der Waals surface area contributed by atoms with Crippen molar-refractivity contribution in [3.8, 4) is 0 Å². The average Bonchev–Trinajstić information content (AvgIpc) is 2.79. The average molecular weight is 499 g/mol. The van der Waals surface area contributed by atoms with Gasteiger partial charge in [0, 0.05) is 24.2 Å². The van der Waals surface area contributed by atoms with Crippen LogP contribution in [0.3, 0.4) is 0 Å². The molecule has 0 aromatic heterocycles. The monoisotopic (exact) mass is 498 g/mol. The molecule has 0 aliphatic heterocycles. The van der Waals surface area contributed by atoms with E-state index in [9.17, 15) is 18.0 Å². The minimum Gasteiger partial charge on any atom is -0.326 e. The predicted octanol–water partition coefficient (Wildman–Crippen LogP) is 3.64. The number of anilines is 1. The molecule has 0 radical (unpaired) electrons. The van der Waals surface area contributed by atoms with Crippen molar-refractivity contribution >= 4 is 45.3 Å². The Morgan fingerprint density at radius 3 is 2.35 bits per heavy atom. The van der Waals surface area contributed by atoms with Gasteiger partial charge in [-0.3, -0.25) is 9.59 Å². The fraction of sp³-hybridized carbons (Fsp3) is 0.125. The number of hydrogen-bond donors (Lipinski definition) is 2. The third-order valence-electron chi connectivity index (χ3n) is 4.59. The van der Waals surface area contributed by atoms with E-state index >= 15 is 0 Å². The van der Waals surface area contributed by atoms with Gasteiger partial charge in [0.05, 0.1) is 17.7 Å². The zero-order valence-corrected chi connectivity index (χ0v) is 19.9. The Morgan fingerprint density at radius 2 is 1.71 bits per heavy atom. The van der Waals surface area contributed by atoms with Crippen LogP contribution in [0.1, 0.15) is 18.1 Å². The highest BCUT2D eigenvalue weighted by Crippen LogP contribution is 2.20. The Bertz CT molecular complexity index is 1280. The molecular formula is C24H23ClN4O4S. The molecule has 8 nitrogen and oxygen atoms in total. The van der Waals surface area contributed by atoms with E-state index in [1.165, 1.54) is 37.4 Å². The van der Waals surface area contributed by atoms with Gasteiger partial charge in [0.1, 0.15) is 0 Å². The molecule has 0 fully saturated rings. The van der Waals surface area contributed by atoms with E-state index in [0.717, 1.165) is 9.87 Å². The minimum atomic E-state index is -4.03. The molecule has 3 aromatic rings. The van der Waals surface area contributed by atoms with Gasteiger partial charge in [-0.25, -0.2) is 13.8 Å². The number of hydrogen-bond acceptors (Lipinski definition) is 5. The molecular weight excluding hydrogens is 476 g/mol. The van der Waals surface area contributed by atoms with E-state index in [2.05, 4.69) is 15.8 Å². The topological polar surface area (TPSA) is 108 Å². The van der Waals surface area contributed by atoms with Crippen LogP contribution in [-0.2, 0) is 26.2 Å². The number of amides is 2. The summed E-state index contributed by atoms with van der Waals surface area (Å²) in [5.74, 6) is -0.871. The summed E-state index contributed by atoms with van der Waals surface area (Å²) in [5, 5.41) is 7.01. The van der Waals surface area contributed by atoms with Gasteiger partial charge >= 0.3 is 0 Å². The second kappa shape index (κ2) is 11.6. The van der Waals surface area contributed by atoms with Gasteiger partial charge in [0.2, 0.25) is 15.9 Å². The SMILES string of the molecule is CC(=O)Nc1ccc(S(=O)(=O)N(CC(=O)N/N=C/c2cccc(Cl)c2)Cc2ccccc2)cc1. The van der Waals surface area contributed by atoms with Gasteiger partial charge in [-0.1, -0.05) is 54.1 Å². The highest BCUT2D eigenvalue weighted by atomic mass is 35.5.